The number of rotatable bonds is 6. The van der Waals surface area contributed by atoms with Gasteiger partial charge in [0.25, 0.3) is 5.89 Å². The number of hydrogen-bond acceptors (Lipinski definition) is 5. The van der Waals surface area contributed by atoms with Crippen LogP contribution in [0.1, 0.15) is 43.8 Å². The summed E-state index contributed by atoms with van der Waals surface area (Å²) in [6.07, 6.45) is 0.972. The second-order valence-corrected chi connectivity index (χ2v) is 7.37. The number of aryl methyl sites for hydroxylation is 1. The molecule has 1 N–H and O–H groups in total. The molecule has 0 saturated carbocycles. The lowest BCUT2D eigenvalue weighted by molar-refractivity contribution is 0.207. The fourth-order valence-corrected chi connectivity index (χ4v) is 3.83. The van der Waals surface area contributed by atoms with Crippen LogP contribution >= 0.6 is 0 Å². The van der Waals surface area contributed by atoms with E-state index in [9.17, 15) is 4.79 Å². The lowest BCUT2D eigenvalue weighted by Gasteiger charge is -2.34. The van der Waals surface area contributed by atoms with Crippen molar-refractivity contribution in [2.75, 3.05) is 13.7 Å². The predicted molar refractivity (Wildman–Crippen MR) is 118 cm³/mol. The van der Waals surface area contributed by atoms with E-state index in [-0.39, 0.29) is 6.03 Å². The van der Waals surface area contributed by atoms with Gasteiger partial charge in [-0.3, -0.25) is 4.90 Å². The van der Waals surface area contributed by atoms with E-state index in [1.165, 1.54) is 5.56 Å². The number of aromatic nitrogens is 2. The molecule has 160 valence electrons. The monoisotopic (exact) mass is 418 g/mol. The number of ether oxygens (including phenoxy) is 1. The standard InChI is InChI=1S/C24H26N4O3/c1-5-16-7-9-18(10-8-16)22-26-23(31-27-22)20-15(3)28(6-2)24(29)25-21(20)17-11-13-19(30-4)14-12-17/h7-14,21H,5-6H2,1-4H3,(H,25,29). The number of methoxy groups -OCH3 is 1. The molecule has 0 aliphatic carbocycles. The molecule has 2 heterocycles. The smallest absolute Gasteiger partial charge is 0.322 e. The van der Waals surface area contributed by atoms with Crippen molar-refractivity contribution in [3.8, 4) is 17.1 Å². The highest BCUT2D eigenvalue weighted by atomic mass is 16.5. The first-order valence-corrected chi connectivity index (χ1v) is 10.4. The Labute approximate surface area is 181 Å². The van der Waals surface area contributed by atoms with Crippen LogP contribution in [-0.4, -0.2) is 34.7 Å². The Morgan fingerprint density at radius 1 is 1.10 bits per heavy atom. The number of benzene rings is 2. The van der Waals surface area contributed by atoms with Gasteiger partial charge in [-0.2, -0.15) is 4.98 Å². The normalized spacial score (nSPS) is 16.5. The van der Waals surface area contributed by atoms with Crippen LogP contribution in [0.2, 0.25) is 0 Å². The molecule has 0 spiro atoms. The highest BCUT2D eigenvalue weighted by Gasteiger charge is 2.35. The van der Waals surface area contributed by atoms with E-state index in [0.29, 0.717) is 18.3 Å². The maximum absolute atomic E-state index is 12.7. The van der Waals surface area contributed by atoms with E-state index in [1.807, 2.05) is 50.2 Å². The quantitative estimate of drug-likeness (QED) is 0.620. The van der Waals surface area contributed by atoms with Crippen molar-refractivity contribution in [1.29, 1.82) is 0 Å². The number of carbonyl (C=O) groups is 1. The van der Waals surface area contributed by atoms with Crippen LogP contribution in [0, 0.1) is 0 Å². The van der Waals surface area contributed by atoms with Crippen LogP contribution in [0.4, 0.5) is 4.79 Å². The minimum Gasteiger partial charge on any atom is -0.497 e. The minimum absolute atomic E-state index is 0.153. The van der Waals surface area contributed by atoms with Crippen LogP contribution in [0.3, 0.4) is 0 Å². The summed E-state index contributed by atoms with van der Waals surface area (Å²) in [5.41, 5.74) is 4.63. The van der Waals surface area contributed by atoms with Gasteiger partial charge in [-0.1, -0.05) is 48.5 Å². The average Bonchev–Trinajstić information content (AvgIpc) is 3.29. The predicted octanol–water partition coefficient (Wildman–Crippen LogP) is 4.83. The molecule has 7 nitrogen and oxygen atoms in total. The second kappa shape index (κ2) is 8.63. The Bertz CT molecular complexity index is 1100. The Morgan fingerprint density at radius 3 is 2.42 bits per heavy atom. The average molecular weight is 418 g/mol. The number of carbonyl (C=O) groups excluding carboxylic acids is 1. The molecule has 1 aliphatic rings. The molecule has 4 rings (SSSR count). The second-order valence-electron chi connectivity index (χ2n) is 7.37. The molecule has 2 amide bonds. The molecule has 0 radical (unpaired) electrons. The summed E-state index contributed by atoms with van der Waals surface area (Å²) in [6, 6.07) is 15.2. The zero-order valence-corrected chi connectivity index (χ0v) is 18.2. The fraction of sp³-hybridized carbons (Fsp3) is 0.292. The minimum atomic E-state index is -0.406. The number of urea groups is 1. The number of amides is 2. The molecule has 7 heteroatoms. The molecule has 31 heavy (non-hydrogen) atoms. The molecule has 3 aromatic rings. The highest BCUT2D eigenvalue weighted by Crippen LogP contribution is 2.37. The Hall–Kier alpha value is -3.61. The van der Waals surface area contributed by atoms with Crippen molar-refractivity contribution < 1.29 is 14.1 Å². The van der Waals surface area contributed by atoms with Crippen molar-refractivity contribution in [2.45, 2.75) is 33.2 Å². The van der Waals surface area contributed by atoms with E-state index in [0.717, 1.165) is 34.6 Å². The number of hydrogen-bond donors (Lipinski definition) is 1. The number of nitrogens with zero attached hydrogens (tertiary/aromatic N) is 3. The van der Waals surface area contributed by atoms with Gasteiger partial charge in [0, 0.05) is 17.8 Å². The van der Waals surface area contributed by atoms with Gasteiger partial charge >= 0.3 is 6.03 Å². The molecular formula is C24H26N4O3. The number of allylic oxidation sites excluding steroid dienone is 1. The van der Waals surface area contributed by atoms with Gasteiger partial charge in [-0.25, -0.2) is 4.79 Å². The summed E-state index contributed by atoms with van der Waals surface area (Å²) < 4.78 is 11.0. The Morgan fingerprint density at radius 2 is 1.81 bits per heavy atom. The van der Waals surface area contributed by atoms with Crippen LogP contribution < -0.4 is 10.1 Å². The third-order valence-electron chi connectivity index (χ3n) is 5.64. The molecule has 0 fully saturated rings. The molecule has 1 aromatic heterocycles. The van der Waals surface area contributed by atoms with Gasteiger partial charge in [-0.05, 0) is 43.5 Å². The first kappa shape index (κ1) is 20.7. The van der Waals surface area contributed by atoms with Gasteiger partial charge in [-0.15, -0.1) is 0 Å². The summed E-state index contributed by atoms with van der Waals surface area (Å²) in [5.74, 6) is 1.66. The summed E-state index contributed by atoms with van der Waals surface area (Å²) in [6.45, 7) is 6.50. The van der Waals surface area contributed by atoms with E-state index < -0.39 is 6.04 Å². The van der Waals surface area contributed by atoms with Gasteiger partial charge in [0.15, 0.2) is 0 Å². The SMILES string of the molecule is CCc1ccc(-c2noc(C3=C(C)N(CC)C(=O)NC3c3ccc(OC)cc3)n2)cc1. The lowest BCUT2D eigenvalue weighted by Crippen LogP contribution is -2.45. The molecule has 1 unspecified atom stereocenters. The van der Waals surface area contributed by atoms with E-state index in [2.05, 4.69) is 34.5 Å². The molecule has 1 atom stereocenters. The van der Waals surface area contributed by atoms with Gasteiger partial charge in [0.05, 0.1) is 18.7 Å². The van der Waals surface area contributed by atoms with Gasteiger partial charge < -0.3 is 14.6 Å². The van der Waals surface area contributed by atoms with Crippen molar-refractivity contribution in [3.63, 3.8) is 0 Å². The zero-order valence-electron chi connectivity index (χ0n) is 18.2. The van der Waals surface area contributed by atoms with Crippen LogP contribution in [0.15, 0.2) is 58.8 Å². The maximum atomic E-state index is 12.7. The van der Waals surface area contributed by atoms with Crippen molar-refractivity contribution in [1.82, 2.24) is 20.4 Å². The number of nitrogens with one attached hydrogen (secondary N) is 1. The van der Waals surface area contributed by atoms with E-state index in [1.54, 1.807) is 12.0 Å². The fourth-order valence-electron chi connectivity index (χ4n) is 3.83. The topological polar surface area (TPSA) is 80.5 Å². The highest BCUT2D eigenvalue weighted by molar-refractivity contribution is 5.86. The third-order valence-corrected chi connectivity index (χ3v) is 5.64. The summed E-state index contributed by atoms with van der Waals surface area (Å²) in [4.78, 5) is 19.0. The Balaban J connectivity index is 1.76. The van der Waals surface area contributed by atoms with Gasteiger partial charge in [0.2, 0.25) is 5.82 Å². The van der Waals surface area contributed by atoms with E-state index >= 15 is 0 Å². The first-order chi connectivity index (χ1) is 15.0. The van der Waals surface area contributed by atoms with Crippen molar-refractivity contribution in [3.05, 3.63) is 71.2 Å². The van der Waals surface area contributed by atoms with Crippen molar-refractivity contribution >= 4 is 11.6 Å². The largest absolute Gasteiger partial charge is 0.497 e. The molecule has 0 bridgehead atoms. The van der Waals surface area contributed by atoms with Crippen LogP contribution in [-0.2, 0) is 6.42 Å². The molecular weight excluding hydrogens is 392 g/mol. The van der Waals surface area contributed by atoms with E-state index in [4.69, 9.17) is 9.26 Å². The molecule has 2 aromatic carbocycles. The lowest BCUT2D eigenvalue weighted by atomic mass is 9.94. The third kappa shape index (κ3) is 3.91. The van der Waals surface area contributed by atoms with Crippen LogP contribution in [0.25, 0.3) is 17.0 Å². The first-order valence-electron chi connectivity index (χ1n) is 10.4. The Kier molecular flexibility index (Phi) is 5.75. The van der Waals surface area contributed by atoms with Crippen LogP contribution in [0.5, 0.6) is 5.75 Å². The summed E-state index contributed by atoms with van der Waals surface area (Å²) >= 11 is 0. The zero-order chi connectivity index (χ0) is 22.0. The summed E-state index contributed by atoms with van der Waals surface area (Å²) in [5, 5.41) is 7.28. The maximum Gasteiger partial charge on any atom is 0.322 e. The van der Waals surface area contributed by atoms with Gasteiger partial charge in [0.1, 0.15) is 5.75 Å². The molecule has 1 aliphatic heterocycles. The molecule has 0 saturated heterocycles. The summed E-state index contributed by atoms with van der Waals surface area (Å²) in [7, 11) is 1.62. The van der Waals surface area contributed by atoms with Crippen molar-refractivity contribution in [2.24, 2.45) is 0 Å².